The van der Waals surface area contributed by atoms with Crippen LogP contribution < -0.4 is 9.64 Å². The molecule has 1 fully saturated rings. The zero-order valence-electron chi connectivity index (χ0n) is 14.1. The van der Waals surface area contributed by atoms with Gasteiger partial charge in [-0.3, -0.25) is 4.79 Å². The fourth-order valence-corrected chi connectivity index (χ4v) is 3.30. The molecule has 26 heavy (non-hydrogen) atoms. The van der Waals surface area contributed by atoms with E-state index in [2.05, 4.69) is 10.1 Å². The van der Waals surface area contributed by atoms with Gasteiger partial charge in [0, 0.05) is 24.2 Å². The van der Waals surface area contributed by atoms with E-state index in [9.17, 15) is 4.79 Å². The van der Waals surface area contributed by atoms with Crippen LogP contribution in [0.2, 0.25) is 5.02 Å². The Morgan fingerprint density at radius 2 is 2.04 bits per heavy atom. The number of halogens is 1. The first kappa shape index (κ1) is 16.6. The van der Waals surface area contributed by atoms with Gasteiger partial charge in [0.15, 0.2) is 0 Å². The van der Waals surface area contributed by atoms with E-state index in [0.29, 0.717) is 35.5 Å². The number of amides is 1. The number of nitrogens with zero attached hydrogens (tertiary/aromatic N) is 3. The van der Waals surface area contributed by atoms with Gasteiger partial charge in [0.2, 0.25) is 17.6 Å². The second-order valence-corrected chi connectivity index (χ2v) is 6.45. The molecular weight excluding hydrogens is 354 g/mol. The Morgan fingerprint density at radius 1 is 1.23 bits per heavy atom. The molecule has 0 aliphatic carbocycles. The van der Waals surface area contributed by atoms with Gasteiger partial charge in [-0.25, -0.2) is 0 Å². The Morgan fingerprint density at radius 3 is 2.77 bits per heavy atom. The number of benzene rings is 2. The monoisotopic (exact) mass is 369 g/mol. The molecule has 0 N–H and O–H groups in total. The van der Waals surface area contributed by atoms with Crippen LogP contribution >= 0.6 is 11.6 Å². The van der Waals surface area contributed by atoms with Crippen LogP contribution in [-0.2, 0) is 4.79 Å². The van der Waals surface area contributed by atoms with Crippen molar-refractivity contribution in [2.45, 2.75) is 12.3 Å². The SMILES string of the molecule is COc1ccc(N2CC(c3nc(-c4ccccc4)no3)CC2=O)cc1Cl. The molecule has 0 spiro atoms. The molecular formula is C19H16ClN3O3. The number of hydrogen-bond donors (Lipinski definition) is 0. The van der Waals surface area contributed by atoms with Gasteiger partial charge < -0.3 is 14.2 Å². The summed E-state index contributed by atoms with van der Waals surface area (Å²) in [6, 6.07) is 14.9. The van der Waals surface area contributed by atoms with Gasteiger partial charge in [-0.15, -0.1) is 0 Å². The van der Waals surface area contributed by atoms with Crippen molar-refractivity contribution in [3.63, 3.8) is 0 Å². The highest BCUT2D eigenvalue weighted by atomic mass is 35.5. The number of hydrogen-bond acceptors (Lipinski definition) is 5. The van der Waals surface area contributed by atoms with Crippen molar-refractivity contribution in [2.75, 3.05) is 18.6 Å². The fourth-order valence-electron chi connectivity index (χ4n) is 3.05. The summed E-state index contributed by atoms with van der Waals surface area (Å²) in [5.74, 6) is 1.42. The second-order valence-electron chi connectivity index (χ2n) is 6.05. The maximum Gasteiger partial charge on any atom is 0.232 e. The highest BCUT2D eigenvalue weighted by Gasteiger charge is 2.35. The summed E-state index contributed by atoms with van der Waals surface area (Å²) >= 11 is 6.18. The Kier molecular flexibility index (Phi) is 4.34. The van der Waals surface area contributed by atoms with E-state index in [4.69, 9.17) is 20.9 Å². The van der Waals surface area contributed by atoms with E-state index in [1.165, 1.54) is 0 Å². The molecule has 1 unspecified atom stereocenters. The van der Waals surface area contributed by atoms with Crippen molar-refractivity contribution in [1.82, 2.24) is 10.1 Å². The fraction of sp³-hybridized carbons (Fsp3) is 0.211. The molecule has 1 aliphatic heterocycles. The smallest absolute Gasteiger partial charge is 0.232 e. The molecule has 1 atom stereocenters. The van der Waals surface area contributed by atoms with Crippen molar-refractivity contribution in [2.24, 2.45) is 0 Å². The largest absolute Gasteiger partial charge is 0.495 e. The van der Waals surface area contributed by atoms with E-state index in [0.717, 1.165) is 11.3 Å². The molecule has 7 heteroatoms. The molecule has 4 rings (SSSR count). The Hall–Kier alpha value is -2.86. The minimum atomic E-state index is -0.145. The van der Waals surface area contributed by atoms with Crippen molar-refractivity contribution in [1.29, 1.82) is 0 Å². The van der Waals surface area contributed by atoms with E-state index in [1.807, 2.05) is 36.4 Å². The first-order chi connectivity index (χ1) is 12.7. The first-order valence-electron chi connectivity index (χ1n) is 8.18. The average molecular weight is 370 g/mol. The van der Waals surface area contributed by atoms with E-state index in [1.54, 1.807) is 24.1 Å². The van der Waals surface area contributed by atoms with Crippen LogP contribution in [0.15, 0.2) is 53.1 Å². The maximum atomic E-state index is 12.5. The molecule has 132 valence electrons. The van der Waals surface area contributed by atoms with Crippen LogP contribution in [0.3, 0.4) is 0 Å². The van der Waals surface area contributed by atoms with Crippen molar-refractivity contribution in [3.8, 4) is 17.1 Å². The number of methoxy groups -OCH3 is 1. The van der Waals surface area contributed by atoms with Gasteiger partial charge in [0.1, 0.15) is 5.75 Å². The number of carbonyl (C=O) groups is 1. The summed E-state index contributed by atoms with van der Waals surface area (Å²) in [4.78, 5) is 18.6. The first-order valence-corrected chi connectivity index (χ1v) is 8.56. The van der Waals surface area contributed by atoms with Crippen LogP contribution in [0.1, 0.15) is 18.2 Å². The standard InChI is InChI=1S/C19H16ClN3O3/c1-25-16-8-7-14(10-15(16)20)23-11-13(9-17(23)24)19-21-18(22-26-19)12-5-3-2-4-6-12/h2-8,10,13H,9,11H2,1H3. The van der Waals surface area contributed by atoms with Crippen molar-refractivity contribution >= 4 is 23.2 Å². The van der Waals surface area contributed by atoms with E-state index >= 15 is 0 Å². The summed E-state index contributed by atoms with van der Waals surface area (Å²) in [5.41, 5.74) is 1.61. The number of carbonyl (C=O) groups excluding carboxylic acids is 1. The van der Waals surface area contributed by atoms with Crippen molar-refractivity contribution in [3.05, 3.63) is 59.4 Å². The second kappa shape index (κ2) is 6.80. The van der Waals surface area contributed by atoms with E-state index in [-0.39, 0.29) is 11.8 Å². The summed E-state index contributed by atoms with van der Waals surface area (Å²) < 4.78 is 10.6. The Labute approximate surface area is 155 Å². The lowest BCUT2D eigenvalue weighted by Gasteiger charge is -2.17. The predicted molar refractivity (Wildman–Crippen MR) is 97.4 cm³/mol. The molecule has 1 aliphatic rings. The van der Waals surface area contributed by atoms with Gasteiger partial charge in [0.25, 0.3) is 0 Å². The lowest BCUT2D eigenvalue weighted by molar-refractivity contribution is -0.117. The zero-order valence-corrected chi connectivity index (χ0v) is 14.8. The molecule has 1 saturated heterocycles. The lowest BCUT2D eigenvalue weighted by atomic mass is 10.1. The molecule has 2 aromatic carbocycles. The Bertz CT molecular complexity index is 942. The predicted octanol–water partition coefficient (Wildman–Crippen LogP) is 3.92. The van der Waals surface area contributed by atoms with Crippen LogP contribution in [0.25, 0.3) is 11.4 Å². The molecule has 6 nitrogen and oxygen atoms in total. The van der Waals surface area contributed by atoms with Crippen LogP contribution in [-0.4, -0.2) is 29.7 Å². The molecule has 3 aromatic rings. The average Bonchev–Trinajstić information content (AvgIpc) is 3.29. The minimum absolute atomic E-state index is 0.00399. The third-order valence-electron chi connectivity index (χ3n) is 4.40. The number of aromatic nitrogens is 2. The number of anilines is 1. The van der Waals surface area contributed by atoms with Crippen molar-refractivity contribution < 1.29 is 14.1 Å². The van der Waals surface area contributed by atoms with Gasteiger partial charge >= 0.3 is 0 Å². The molecule has 1 aromatic heterocycles. The molecule has 0 bridgehead atoms. The number of ether oxygens (including phenoxy) is 1. The molecule has 2 heterocycles. The van der Waals surface area contributed by atoms with Gasteiger partial charge in [-0.2, -0.15) is 4.98 Å². The molecule has 1 amide bonds. The summed E-state index contributed by atoms with van der Waals surface area (Å²) in [5, 5.41) is 4.50. The minimum Gasteiger partial charge on any atom is -0.495 e. The van der Waals surface area contributed by atoms with Gasteiger partial charge in [-0.1, -0.05) is 47.1 Å². The van der Waals surface area contributed by atoms with Crippen LogP contribution in [0.4, 0.5) is 5.69 Å². The number of rotatable bonds is 4. The van der Waals surface area contributed by atoms with Crippen LogP contribution in [0, 0.1) is 0 Å². The van der Waals surface area contributed by atoms with Gasteiger partial charge in [-0.05, 0) is 18.2 Å². The van der Waals surface area contributed by atoms with Gasteiger partial charge in [0.05, 0.1) is 18.1 Å². The summed E-state index contributed by atoms with van der Waals surface area (Å²) in [7, 11) is 1.55. The maximum absolute atomic E-state index is 12.5. The third-order valence-corrected chi connectivity index (χ3v) is 4.69. The lowest BCUT2D eigenvalue weighted by Crippen LogP contribution is -2.24. The zero-order chi connectivity index (χ0) is 18.1. The summed E-state index contributed by atoms with van der Waals surface area (Å²) in [6.45, 7) is 0.470. The third kappa shape index (κ3) is 3.04. The highest BCUT2D eigenvalue weighted by Crippen LogP contribution is 2.35. The quantitative estimate of drug-likeness (QED) is 0.697. The topological polar surface area (TPSA) is 68.5 Å². The molecule has 0 radical (unpaired) electrons. The Balaban J connectivity index is 1.55. The van der Waals surface area contributed by atoms with E-state index < -0.39 is 0 Å². The summed E-state index contributed by atoms with van der Waals surface area (Å²) in [6.07, 6.45) is 0.320. The molecule has 0 saturated carbocycles. The normalized spacial score (nSPS) is 16.9. The highest BCUT2D eigenvalue weighted by molar-refractivity contribution is 6.32. The van der Waals surface area contributed by atoms with Crippen LogP contribution in [0.5, 0.6) is 5.75 Å².